The van der Waals surface area contributed by atoms with Gasteiger partial charge in [-0.05, 0) is 29.7 Å². The molecule has 0 unspecified atom stereocenters. The highest BCUT2D eigenvalue weighted by Gasteiger charge is 2.29. The van der Waals surface area contributed by atoms with Crippen molar-refractivity contribution in [3.63, 3.8) is 0 Å². The van der Waals surface area contributed by atoms with Gasteiger partial charge in [-0.1, -0.05) is 78.7 Å². The van der Waals surface area contributed by atoms with Crippen molar-refractivity contribution in [1.29, 1.82) is 0 Å². The highest BCUT2D eigenvalue weighted by Crippen LogP contribution is 2.18. The van der Waals surface area contributed by atoms with Crippen LogP contribution in [0.1, 0.15) is 44.2 Å². The first kappa shape index (κ1) is 22.2. The molecule has 0 spiro atoms. The molecule has 150 valence electrons. The van der Waals surface area contributed by atoms with E-state index in [1.54, 1.807) is 4.90 Å². The minimum Gasteiger partial charge on any atom is -0.354 e. The lowest BCUT2D eigenvalue weighted by molar-refractivity contribution is -0.141. The first-order chi connectivity index (χ1) is 13.5. The number of nitrogens with zero attached hydrogens (tertiary/aromatic N) is 1. The molecule has 2 aromatic carbocycles. The normalized spacial score (nSPS) is 11.7. The van der Waals surface area contributed by atoms with Gasteiger partial charge in [-0.15, -0.1) is 0 Å². The van der Waals surface area contributed by atoms with Crippen LogP contribution in [0.15, 0.2) is 59.1 Å². The molecule has 1 N–H and O–H groups in total. The van der Waals surface area contributed by atoms with Crippen molar-refractivity contribution in [2.24, 2.45) is 0 Å². The monoisotopic (exact) mass is 444 g/mol. The van der Waals surface area contributed by atoms with Crippen molar-refractivity contribution in [3.8, 4) is 0 Å². The van der Waals surface area contributed by atoms with Crippen molar-refractivity contribution < 1.29 is 9.59 Å². The number of benzene rings is 2. The molecule has 2 rings (SSSR count). The summed E-state index contributed by atoms with van der Waals surface area (Å²) in [5.74, 6) is -0.111. The summed E-state index contributed by atoms with van der Waals surface area (Å²) < 4.78 is 0.959. The van der Waals surface area contributed by atoms with Crippen LogP contribution in [0.2, 0.25) is 0 Å². The van der Waals surface area contributed by atoms with Gasteiger partial charge in [-0.3, -0.25) is 9.59 Å². The van der Waals surface area contributed by atoms with Crippen LogP contribution in [0, 0.1) is 0 Å². The van der Waals surface area contributed by atoms with E-state index in [-0.39, 0.29) is 11.8 Å². The van der Waals surface area contributed by atoms with Crippen LogP contribution in [0.4, 0.5) is 0 Å². The minimum absolute atomic E-state index is 0.0217. The Bertz CT molecular complexity index is 764. The van der Waals surface area contributed by atoms with E-state index in [0.717, 1.165) is 28.4 Å². The molecule has 5 heteroatoms. The topological polar surface area (TPSA) is 49.4 Å². The number of rotatable bonds is 10. The Kier molecular flexibility index (Phi) is 9.21. The summed E-state index contributed by atoms with van der Waals surface area (Å²) in [7, 11) is 0. The molecule has 0 aromatic heterocycles. The molecule has 0 bridgehead atoms. The van der Waals surface area contributed by atoms with Gasteiger partial charge in [0.05, 0.1) is 0 Å². The van der Waals surface area contributed by atoms with Crippen LogP contribution in [-0.2, 0) is 22.6 Å². The van der Waals surface area contributed by atoms with Crippen LogP contribution >= 0.6 is 15.9 Å². The van der Waals surface area contributed by atoms with Crippen LogP contribution in [0.25, 0.3) is 0 Å². The van der Waals surface area contributed by atoms with Gasteiger partial charge in [0, 0.05) is 30.4 Å². The quantitative estimate of drug-likeness (QED) is 0.539. The van der Waals surface area contributed by atoms with Gasteiger partial charge >= 0.3 is 0 Å². The molecule has 0 heterocycles. The molecule has 0 aliphatic carbocycles. The molecule has 0 saturated carbocycles. The maximum absolute atomic E-state index is 13.0. The third-order valence-corrected chi connectivity index (χ3v) is 5.14. The second-order valence-electron chi connectivity index (χ2n) is 6.86. The number of hydrogen-bond donors (Lipinski definition) is 1. The summed E-state index contributed by atoms with van der Waals surface area (Å²) in [6.07, 6.45) is 2.80. The lowest BCUT2D eigenvalue weighted by Gasteiger charge is -2.31. The molecule has 0 aliphatic heterocycles. The average Bonchev–Trinajstić information content (AvgIpc) is 2.71. The second-order valence-corrected chi connectivity index (χ2v) is 7.77. The summed E-state index contributed by atoms with van der Waals surface area (Å²) in [4.78, 5) is 27.5. The summed E-state index contributed by atoms with van der Waals surface area (Å²) in [6, 6.07) is 17.2. The Labute approximate surface area is 176 Å². The highest BCUT2D eigenvalue weighted by molar-refractivity contribution is 9.10. The van der Waals surface area contributed by atoms with E-state index in [2.05, 4.69) is 28.2 Å². The zero-order valence-electron chi connectivity index (χ0n) is 16.7. The molecule has 1 atom stereocenters. The van der Waals surface area contributed by atoms with Crippen molar-refractivity contribution in [1.82, 2.24) is 10.2 Å². The Balaban J connectivity index is 2.30. The molecule has 0 fully saturated rings. The maximum Gasteiger partial charge on any atom is 0.243 e. The van der Waals surface area contributed by atoms with Crippen LogP contribution in [0.3, 0.4) is 0 Å². The smallest absolute Gasteiger partial charge is 0.243 e. The van der Waals surface area contributed by atoms with Gasteiger partial charge in [0.2, 0.25) is 11.8 Å². The fraction of sp³-hybridized carbons (Fsp3) is 0.391. The Morgan fingerprint density at radius 2 is 1.75 bits per heavy atom. The van der Waals surface area contributed by atoms with Gasteiger partial charge in [0.25, 0.3) is 0 Å². The van der Waals surface area contributed by atoms with E-state index in [4.69, 9.17) is 0 Å². The summed E-state index contributed by atoms with van der Waals surface area (Å²) in [6.45, 7) is 4.97. The van der Waals surface area contributed by atoms with Gasteiger partial charge in [-0.25, -0.2) is 0 Å². The first-order valence-corrected chi connectivity index (χ1v) is 10.7. The summed E-state index contributed by atoms with van der Waals surface area (Å²) in [5, 5.41) is 3.02. The lowest BCUT2D eigenvalue weighted by atomic mass is 10.0. The number of amides is 2. The maximum atomic E-state index is 13.0. The van der Waals surface area contributed by atoms with Gasteiger partial charge < -0.3 is 10.2 Å². The van der Waals surface area contributed by atoms with Crippen molar-refractivity contribution >= 4 is 27.7 Å². The first-order valence-electron chi connectivity index (χ1n) is 9.90. The van der Waals surface area contributed by atoms with E-state index in [0.29, 0.717) is 25.9 Å². The molecular formula is C23H29BrN2O2. The molecule has 4 nitrogen and oxygen atoms in total. The Morgan fingerprint density at radius 1 is 1.04 bits per heavy atom. The van der Waals surface area contributed by atoms with Gasteiger partial charge in [0.15, 0.2) is 0 Å². The minimum atomic E-state index is -0.536. The second kappa shape index (κ2) is 11.6. The predicted molar refractivity (Wildman–Crippen MR) is 117 cm³/mol. The zero-order chi connectivity index (χ0) is 20.4. The SMILES string of the molecule is CCCCNC(=O)[C@H](Cc1ccccc1)N(Cc1cccc(Br)c1)C(=O)CC. The summed E-state index contributed by atoms with van der Waals surface area (Å²) >= 11 is 3.49. The largest absolute Gasteiger partial charge is 0.354 e. The number of hydrogen-bond acceptors (Lipinski definition) is 2. The van der Waals surface area contributed by atoms with E-state index in [9.17, 15) is 9.59 Å². The standard InChI is InChI=1S/C23H29BrN2O2/c1-3-5-14-25-23(28)21(16-18-10-7-6-8-11-18)26(22(27)4-2)17-19-12-9-13-20(24)15-19/h6-13,15,21H,3-5,14,16-17H2,1-2H3,(H,25,28)/t21-/m0/s1. The lowest BCUT2D eigenvalue weighted by Crippen LogP contribution is -2.50. The van der Waals surface area contributed by atoms with Gasteiger partial charge in [-0.2, -0.15) is 0 Å². The van der Waals surface area contributed by atoms with E-state index < -0.39 is 6.04 Å². The van der Waals surface area contributed by atoms with Crippen molar-refractivity contribution in [3.05, 3.63) is 70.2 Å². The molecule has 2 amide bonds. The molecule has 0 radical (unpaired) electrons. The molecule has 28 heavy (non-hydrogen) atoms. The number of halogens is 1. The Hall–Kier alpha value is -2.14. The zero-order valence-corrected chi connectivity index (χ0v) is 18.2. The third-order valence-electron chi connectivity index (χ3n) is 4.65. The number of nitrogens with one attached hydrogen (secondary N) is 1. The highest BCUT2D eigenvalue weighted by atomic mass is 79.9. The molecule has 0 saturated heterocycles. The van der Waals surface area contributed by atoms with E-state index in [1.165, 1.54) is 0 Å². The van der Waals surface area contributed by atoms with E-state index >= 15 is 0 Å². The number of carbonyl (C=O) groups excluding carboxylic acids is 2. The van der Waals surface area contributed by atoms with Crippen LogP contribution in [0.5, 0.6) is 0 Å². The fourth-order valence-corrected chi connectivity index (χ4v) is 3.54. The molecule has 2 aromatic rings. The van der Waals surface area contributed by atoms with E-state index in [1.807, 2.05) is 61.5 Å². The van der Waals surface area contributed by atoms with Crippen LogP contribution in [-0.4, -0.2) is 29.3 Å². The Morgan fingerprint density at radius 3 is 2.39 bits per heavy atom. The van der Waals surface area contributed by atoms with Gasteiger partial charge in [0.1, 0.15) is 6.04 Å². The van der Waals surface area contributed by atoms with Crippen molar-refractivity contribution in [2.45, 2.75) is 52.1 Å². The average molecular weight is 445 g/mol. The summed E-state index contributed by atoms with van der Waals surface area (Å²) in [5.41, 5.74) is 2.04. The molecule has 0 aliphatic rings. The fourth-order valence-electron chi connectivity index (χ4n) is 3.10. The third kappa shape index (κ3) is 6.79. The van der Waals surface area contributed by atoms with Crippen molar-refractivity contribution in [2.75, 3.05) is 6.54 Å². The number of carbonyl (C=O) groups is 2. The molecular weight excluding hydrogens is 416 g/mol. The predicted octanol–water partition coefficient (Wildman–Crippen LogP) is 4.72. The van der Waals surface area contributed by atoms with Crippen LogP contribution < -0.4 is 5.32 Å². The number of unbranched alkanes of at least 4 members (excludes halogenated alkanes) is 1.